The number of carbonyl (C=O) groups excluding carboxylic acids is 3. The summed E-state index contributed by atoms with van der Waals surface area (Å²) in [5, 5.41) is 27.0. The SMILES string of the molecule is COc1ccc([Si](C)(C)[C@@H]2[C@@H](CCn3cc(C(CO)c4ccccc4)nn3)O[C@]3(C(=O)N(Cc4ccc(N5CCNCC5=O)cc4)c4ccc(N5CCNCC5=O)cc43)[C@H]2C)cc1. The van der Waals surface area contributed by atoms with Crippen LogP contribution in [0.15, 0.2) is 103 Å². The van der Waals surface area contributed by atoms with Crippen LogP contribution in [0.3, 0.4) is 0 Å². The van der Waals surface area contributed by atoms with E-state index in [4.69, 9.17) is 9.47 Å². The first-order chi connectivity index (χ1) is 30.5. The van der Waals surface area contributed by atoms with Crippen LogP contribution in [-0.4, -0.2) is 105 Å². The van der Waals surface area contributed by atoms with Crippen LogP contribution in [0.1, 0.15) is 41.6 Å². The second kappa shape index (κ2) is 17.5. The number of aliphatic hydroxyl groups is 1. The van der Waals surface area contributed by atoms with Crippen molar-refractivity contribution in [1.29, 1.82) is 0 Å². The molecule has 9 rings (SSSR count). The van der Waals surface area contributed by atoms with E-state index in [1.54, 1.807) is 16.9 Å². The molecule has 4 aliphatic heterocycles. The maximum absolute atomic E-state index is 15.7. The van der Waals surface area contributed by atoms with Crippen molar-refractivity contribution in [3.05, 3.63) is 126 Å². The summed E-state index contributed by atoms with van der Waals surface area (Å²) in [6.07, 6.45) is 2.11. The van der Waals surface area contributed by atoms with Gasteiger partial charge in [-0.1, -0.05) is 85.0 Å². The molecule has 328 valence electrons. The standard InChI is InChI=1S/C48H56N8O6Si/c1-32-46(63(3,4)38-17-15-37(61-2)16-18-38)43(20-23-53-30-41(51-52-53)39(31-57)34-8-6-5-7-9-34)62-48(32)40-26-36(55-25-22-50-28-45(55)59)14-19-42(40)56(47(48)60)29-33-10-12-35(13-11-33)54-24-21-49-27-44(54)58/h5-19,26,30,32,39,43,46,49-50,57H,20-25,27-29,31H2,1-4H3/t32-,39?,43+,46-,48+/m0/s1. The molecule has 5 aromatic rings. The number of nitrogens with zero attached hydrogens (tertiary/aromatic N) is 6. The number of rotatable bonds is 13. The van der Waals surface area contributed by atoms with Gasteiger partial charge in [-0.3, -0.25) is 19.1 Å². The van der Waals surface area contributed by atoms with Crippen LogP contribution in [0, 0.1) is 5.92 Å². The summed E-state index contributed by atoms with van der Waals surface area (Å²) in [7, 11) is -0.806. The van der Waals surface area contributed by atoms with Crippen molar-refractivity contribution < 1.29 is 29.0 Å². The van der Waals surface area contributed by atoms with Crippen molar-refractivity contribution in [2.45, 2.75) is 62.7 Å². The van der Waals surface area contributed by atoms with E-state index in [2.05, 4.69) is 53.1 Å². The van der Waals surface area contributed by atoms with Gasteiger partial charge in [0.05, 0.1) is 64.8 Å². The summed E-state index contributed by atoms with van der Waals surface area (Å²) < 4.78 is 14.9. The molecule has 5 atom stereocenters. The van der Waals surface area contributed by atoms with E-state index in [1.807, 2.05) is 101 Å². The number of piperazine rings is 2. The van der Waals surface area contributed by atoms with Gasteiger partial charge >= 0.3 is 0 Å². The van der Waals surface area contributed by atoms with Gasteiger partial charge in [0.1, 0.15) is 5.75 Å². The quantitative estimate of drug-likeness (QED) is 0.147. The number of amides is 3. The van der Waals surface area contributed by atoms with E-state index >= 15 is 4.79 Å². The zero-order chi connectivity index (χ0) is 43.9. The number of carbonyl (C=O) groups is 3. The minimum Gasteiger partial charge on any atom is -0.497 e. The molecule has 0 bridgehead atoms. The van der Waals surface area contributed by atoms with Crippen LogP contribution >= 0.6 is 0 Å². The van der Waals surface area contributed by atoms with Crippen LogP contribution in [0.25, 0.3) is 0 Å². The van der Waals surface area contributed by atoms with Gasteiger partial charge in [0.15, 0.2) is 5.60 Å². The number of anilines is 3. The van der Waals surface area contributed by atoms with E-state index in [0.717, 1.165) is 46.0 Å². The molecule has 1 aromatic heterocycles. The van der Waals surface area contributed by atoms with Crippen molar-refractivity contribution >= 4 is 48.0 Å². The van der Waals surface area contributed by atoms with Crippen LogP contribution in [-0.2, 0) is 37.8 Å². The first-order valence-electron chi connectivity index (χ1n) is 22.0. The lowest BCUT2D eigenvalue weighted by atomic mass is 9.82. The number of aromatic nitrogens is 3. The Morgan fingerprint density at radius 3 is 2.21 bits per heavy atom. The molecule has 14 nitrogen and oxygen atoms in total. The molecule has 1 spiro atoms. The van der Waals surface area contributed by atoms with Gasteiger partial charge in [-0.15, -0.1) is 5.10 Å². The second-order valence-electron chi connectivity index (χ2n) is 17.7. The Balaban J connectivity index is 1.09. The first-order valence-corrected chi connectivity index (χ1v) is 25.1. The average molecular weight is 869 g/mol. The molecular weight excluding hydrogens is 813 g/mol. The lowest BCUT2D eigenvalue weighted by molar-refractivity contribution is -0.146. The maximum Gasteiger partial charge on any atom is 0.264 e. The molecule has 0 saturated carbocycles. The summed E-state index contributed by atoms with van der Waals surface area (Å²) in [5.41, 5.74) is 4.31. The van der Waals surface area contributed by atoms with Gasteiger partial charge < -0.3 is 39.9 Å². The fraction of sp³-hybridized carbons (Fsp3) is 0.396. The predicted octanol–water partition coefficient (Wildman–Crippen LogP) is 4.14. The molecule has 3 fully saturated rings. The normalized spacial score (nSPS) is 23.2. The number of fused-ring (bicyclic) bond motifs is 2. The summed E-state index contributed by atoms with van der Waals surface area (Å²) in [6, 6.07) is 32.0. The smallest absolute Gasteiger partial charge is 0.264 e. The Bertz CT molecular complexity index is 2460. The maximum atomic E-state index is 15.7. The fourth-order valence-corrected chi connectivity index (χ4v) is 14.6. The number of aryl methyl sites for hydroxylation is 1. The highest BCUT2D eigenvalue weighted by molar-refractivity contribution is 6.91. The molecule has 15 heteroatoms. The van der Waals surface area contributed by atoms with Crippen molar-refractivity contribution in [2.75, 3.05) is 67.7 Å². The van der Waals surface area contributed by atoms with Crippen molar-refractivity contribution in [3.63, 3.8) is 0 Å². The monoisotopic (exact) mass is 868 g/mol. The zero-order valence-corrected chi connectivity index (χ0v) is 37.4. The molecular formula is C48H56N8O6Si. The second-order valence-corrected chi connectivity index (χ2v) is 22.4. The number of methoxy groups -OCH3 is 1. The number of ether oxygens (including phenoxy) is 2. The topological polar surface area (TPSA) is 154 Å². The van der Waals surface area contributed by atoms with Gasteiger partial charge in [0.2, 0.25) is 11.8 Å². The lowest BCUT2D eigenvalue weighted by Gasteiger charge is -2.37. The number of aliphatic hydroxyl groups excluding tert-OH is 1. The molecule has 3 N–H and O–H groups in total. The minimum absolute atomic E-state index is 0.0217. The molecule has 0 aliphatic carbocycles. The van der Waals surface area contributed by atoms with Crippen molar-refractivity contribution in [2.24, 2.45) is 5.92 Å². The van der Waals surface area contributed by atoms with E-state index in [0.29, 0.717) is 51.4 Å². The number of hydrogen-bond donors (Lipinski definition) is 3. The molecule has 3 amide bonds. The lowest BCUT2D eigenvalue weighted by Crippen LogP contribution is -2.52. The van der Waals surface area contributed by atoms with E-state index in [-0.39, 0.29) is 54.4 Å². The third-order valence-corrected chi connectivity index (χ3v) is 18.2. The van der Waals surface area contributed by atoms with Crippen LogP contribution in [0.2, 0.25) is 18.6 Å². The summed E-state index contributed by atoms with van der Waals surface area (Å²) in [6.45, 7) is 10.7. The highest BCUT2D eigenvalue weighted by Gasteiger charge is 2.66. The Hall–Kier alpha value is -5.71. The highest BCUT2D eigenvalue weighted by atomic mass is 28.3. The predicted molar refractivity (Wildman–Crippen MR) is 244 cm³/mol. The van der Waals surface area contributed by atoms with Gasteiger partial charge in [-0.05, 0) is 65.6 Å². The van der Waals surface area contributed by atoms with Crippen molar-refractivity contribution in [3.8, 4) is 5.75 Å². The average Bonchev–Trinajstić information content (AvgIpc) is 3.96. The first kappa shape index (κ1) is 42.6. The van der Waals surface area contributed by atoms with Crippen LogP contribution in [0.5, 0.6) is 5.75 Å². The van der Waals surface area contributed by atoms with Gasteiger partial charge in [-0.25, -0.2) is 0 Å². The Morgan fingerprint density at radius 1 is 0.889 bits per heavy atom. The Morgan fingerprint density at radius 2 is 1.56 bits per heavy atom. The van der Waals surface area contributed by atoms with Crippen LogP contribution in [0.4, 0.5) is 17.1 Å². The Kier molecular flexibility index (Phi) is 11.8. The molecule has 4 aliphatic rings. The highest BCUT2D eigenvalue weighted by Crippen LogP contribution is 2.60. The number of hydrogen-bond acceptors (Lipinski definition) is 10. The third-order valence-electron chi connectivity index (χ3n) is 13.8. The number of nitrogens with one attached hydrogen (secondary N) is 2. The molecule has 3 saturated heterocycles. The number of benzene rings is 4. The Labute approximate surface area is 369 Å². The molecule has 5 heterocycles. The van der Waals surface area contributed by atoms with E-state index in [9.17, 15) is 14.7 Å². The third kappa shape index (κ3) is 7.75. The van der Waals surface area contributed by atoms with Gasteiger partial charge in [0.25, 0.3) is 5.91 Å². The molecule has 1 unspecified atom stereocenters. The van der Waals surface area contributed by atoms with E-state index < -0.39 is 13.7 Å². The van der Waals surface area contributed by atoms with Gasteiger partial charge in [-0.2, -0.15) is 0 Å². The summed E-state index contributed by atoms with van der Waals surface area (Å²) in [5.74, 6) is 0.0910. The minimum atomic E-state index is -2.47. The van der Waals surface area contributed by atoms with Crippen molar-refractivity contribution in [1.82, 2.24) is 25.6 Å². The molecule has 63 heavy (non-hydrogen) atoms. The molecule has 4 aromatic carbocycles. The van der Waals surface area contributed by atoms with Crippen LogP contribution < -0.4 is 35.3 Å². The van der Waals surface area contributed by atoms with Gasteiger partial charge in [0, 0.05) is 61.8 Å². The fourth-order valence-electron chi connectivity index (χ4n) is 10.5. The van der Waals surface area contributed by atoms with E-state index in [1.165, 1.54) is 5.19 Å². The largest absolute Gasteiger partial charge is 0.497 e. The summed E-state index contributed by atoms with van der Waals surface area (Å²) >= 11 is 0. The molecule has 0 radical (unpaired) electrons. The summed E-state index contributed by atoms with van der Waals surface area (Å²) in [4.78, 5) is 47.1. The zero-order valence-electron chi connectivity index (χ0n) is 36.4.